The van der Waals surface area contributed by atoms with Crippen LogP contribution in [0, 0.1) is 40.3 Å². The maximum absolute atomic E-state index is 13.9. The van der Waals surface area contributed by atoms with Gasteiger partial charge in [-0.3, -0.25) is 4.79 Å². The first-order valence-electron chi connectivity index (χ1n) is 10.3. The van der Waals surface area contributed by atoms with Gasteiger partial charge in [0, 0.05) is 26.2 Å². The van der Waals surface area contributed by atoms with Crippen LogP contribution < -0.4 is 4.90 Å². The highest BCUT2D eigenvalue weighted by molar-refractivity contribution is 5.83. The lowest BCUT2D eigenvalue weighted by Crippen LogP contribution is -2.58. The molecule has 1 aromatic carbocycles. The van der Waals surface area contributed by atoms with Gasteiger partial charge in [-0.25, -0.2) is 4.39 Å². The number of hydrogen-bond donors (Lipinski definition) is 0. The normalized spacial score (nSPS) is 34.6. The van der Waals surface area contributed by atoms with Crippen molar-refractivity contribution >= 4 is 11.6 Å². The maximum atomic E-state index is 13.9. The second-order valence-electron chi connectivity index (χ2n) is 9.22. The number of anilines is 1. The molecule has 1 aliphatic heterocycles. The van der Waals surface area contributed by atoms with Crippen LogP contribution in [0.25, 0.3) is 0 Å². The molecule has 1 heterocycles. The molecule has 1 saturated heterocycles. The molecule has 0 aromatic heterocycles. The van der Waals surface area contributed by atoms with Crippen molar-refractivity contribution in [3.63, 3.8) is 0 Å². The summed E-state index contributed by atoms with van der Waals surface area (Å²) in [4.78, 5) is 17.6. The molecule has 1 amide bonds. The van der Waals surface area contributed by atoms with E-state index < -0.39 is 5.82 Å². The number of halogens is 1. The number of carbonyl (C=O) groups is 1. The van der Waals surface area contributed by atoms with Crippen LogP contribution in [0.15, 0.2) is 18.2 Å². The Balaban J connectivity index is 1.29. The molecule has 4 bridgehead atoms. The zero-order valence-corrected chi connectivity index (χ0v) is 15.7. The van der Waals surface area contributed by atoms with E-state index in [0.717, 1.165) is 37.0 Å². The van der Waals surface area contributed by atoms with Crippen LogP contribution in [-0.2, 0) is 4.79 Å². The zero-order valence-electron chi connectivity index (χ0n) is 15.7. The average molecular weight is 367 g/mol. The second kappa shape index (κ2) is 6.22. The van der Waals surface area contributed by atoms with Crippen molar-refractivity contribution in [2.45, 2.75) is 38.5 Å². The van der Waals surface area contributed by atoms with E-state index in [1.807, 2.05) is 11.0 Å². The van der Waals surface area contributed by atoms with Gasteiger partial charge in [-0.1, -0.05) is 6.07 Å². The van der Waals surface area contributed by atoms with Gasteiger partial charge in [0.1, 0.15) is 17.4 Å². The maximum Gasteiger partial charge on any atom is 0.228 e. The Morgan fingerprint density at radius 3 is 2.19 bits per heavy atom. The largest absolute Gasteiger partial charge is 0.367 e. The van der Waals surface area contributed by atoms with Crippen LogP contribution in [0.5, 0.6) is 0 Å². The zero-order chi connectivity index (χ0) is 18.6. The van der Waals surface area contributed by atoms with Gasteiger partial charge < -0.3 is 9.80 Å². The molecule has 0 spiro atoms. The molecular formula is C22H26FN3O. The van der Waals surface area contributed by atoms with Crippen molar-refractivity contribution in [2.24, 2.45) is 23.2 Å². The van der Waals surface area contributed by atoms with Gasteiger partial charge in [0.2, 0.25) is 5.91 Å². The minimum atomic E-state index is -0.470. The lowest BCUT2D eigenvalue weighted by Gasteiger charge is -2.57. The minimum Gasteiger partial charge on any atom is -0.367 e. The van der Waals surface area contributed by atoms with Gasteiger partial charge >= 0.3 is 0 Å². The quantitative estimate of drug-likeness (QED) is 0.803. The van der Waals surface area contributed by atoms with Gasteiger partial charge in [-0.2, -0.15) is 5.26 Å². The lowest BCUT2D eigenvalue weighted by atomic mass is 9.49. The van der Waals surface area contributed by atoms with Crippen molar-refractivity contribution in [3.8, 4) is 6.07 Å². The molecule has 4 saturated carbocycles. The Hall–Kier alpha value is -2.09. The number of benzene rings is 1. The van der Waals surface area contributed by atoms with E-state index in [0.29, 0.717) is 37.8 Å². The summed E-state index contributed by atoms with van der Waals surface area (Å²) in [5, 5.41) is 9.29. The average Bonchev–Trinajstić information content (AvgIpc) is 2.66. The summed E-state index contributed by atoms with van der Waals surface area (Å²) >= 11 is 0. The third-order valence-corrected chi connectivity index (χ3v) is 7.50. The van der Waals surface area contributed by atoms with Gasteiger partial charge in [-0.05, 0) is 68.4 Å². The fraction of sp³-hybridized carbons (Fsp3) is 0.636. The van der Waals surface area contributed by atoms with E-state index in [4.69, 9.17) is 0 Å². The van der Waals surface area contributed by atoms with Crippen LogP contribution in [0.3, 0.4) is 0 Å². The Morgan fingerprint density at radius 2 is 1.63 bits per heavy atom. The fourth-order valence-electron chi connectivity index (χ4n) is 6.75. The van der Waals surface area contributed by atoms with Gasteiger partial charge in [0.15, 0.2) is 0 Å². The van der Waals surface area contributed by atoms with E-state index in [1.165, 1.54) is 25.3 Å². The van der Waals surface area contributed by atoms with Crippen LogP contribution in [0.2, 0.25) is 0 Å². The smallest absolute Gasteiger partial charge is 0.228 e. The van der Waals surface area contributed by atoms with Crippen LogP contribution in [0.4, 0.5) is 10.1 Å². The SMILES string of the molecule is N#Cc1c(F)cccc1N1CCN(C(=O)C23CC4CC(CC(C4)C2)C3)CC1. The standard InChI is InChI=1S/C22H26FN3O/c23-19-2-1-3-20(18(19)14-24)25-4-6-26(7-5-25)21(27)22-11-15-8-16(12-22)10-17(9-15)13-22/h1-3,15-17H,4-13H2. The first kappa shape index (κ1) is 17.0. The van der Waals surface area contributed by atoms with E-state index in [9.17, 15) is 14.4 Å². The molecule has 1 aromatic rings. The number of nitriles is 1. The summed E-state index contributed by atoms with van der Waals surface area (Å²) in [6.07, 6.45) is 7.33. The third kappa shape index (κ3) is 2.72. The molecule has 5 aliphatic rings. The van der Waals surface area contributed by atoms with E-state index in [2.05, 4.69) is 4.90 Å². The summed E-state index contributed by atoms with van der Waals surface area (Å²) in [7, 11) is 0. The van der Waals surface area contributed by atoms with Crippen molar-refractivity contribution in [3.05, 3.63) is 29.6 Å². The monoisotopic (exact) mass is 367 g/mol. The highest BCUT2D eigenvalue weighted by atomic mass is 19.1. The predicted octanol–water partition coefficient (Wildman–Crippen LogP) is 3.56. The summed E-state index contributed by atoms with van der Waals surface area (Å²) in [5.41, 5.74) is 0.672. The molecule has 6 rings (SSSR count). The van der Waals surface area contributed by atoms with Crippen LogP contribution in [-0.4, -0.2) is 37.0 Å². The Morgan fingerprint density at radius 1 is 1.04 bits per heavy atom. The summed E-state index contributed by atoms with van der Waals surface area (Å²) < 4.78 is 13.9. The Labute approximate surface area is 159 Å². The van der Waals surface area contributed by atoms with Crippen LogP contribution in [0.1, 0.15) is 44.1 Å². The molecule has 0 radical (unpaired) electrons. The van der Waals surface area contributed by atoms with Crippen molar-refractivity contribution in [1.82, 2.24) is 4.90 Å². The van der Waals surface area contributed by atoms with Gasteiger partial charge in [0.05, 0.1) is 11.1 Å². The molecule has 4 nitrogen and oxygen atoms in total. The highest BCUT2D eigenvalue weighted by Gasteiger charge is 2.55. The first-order valence-corrected chi connectivity index (χ1v) is 10.3. The molecular weight excluding hydrogens is 341 g/mol. The highest BCUT2D eigenvalue weighted by Crippen LogP contribution is 2.60. The van der Waals surface area contributed by atoms with Crippen molar-refractivity contribution < 1.29 is 9.18 Å². The number of amides is 1. The predicted molar refractivity (Wildman–Crippen MR) is 101 cm³/mol. The van der Waals surface area contributed by atoms with Crippen molar-refractivity contribution in [2.75, 3.05) is 31.1 Å². The number of nitrogens with zero attached hydrogens (tertiary/aromatic N) is 3. The lowest BCUT2D eigenvalue weighted by molar-refractivity contribution is -0.158. The topological polar surface area (TPSA) is 47.3 Å². The first-order chi connectivity index (χ1) is 13.1. The minimum absolute atomic E-state index is 0.0897. The number of hydrogen-bond acceptors (Lipinski definition) is 3. The van der Waals surface area contributed by atoms with Crippen molar-refractivity contribution in [1.29, 1.82) is 5.26 Å². The molecule has 0 N–H and O–H groups in total. The molecule has 5 heteroatoms. The summed E-state index contributed by atoms with van der Waals surface area (Å²) in [6.45, 7) is 2.66. The summed E-state index contributed by atoms with van der Waals surface area (Å²) in [5.74, 6) is 2.22. The fourth-order valence-corrected chi connectivity index (χ4v) is 6.75. The van der Waals surface area contributed by atoms with E-state index >= 15 is 0 Å². The molecule has 142 valence electrons. The van der Waals surface area contributed by atoms with E-state index in [1.54, 1.807) is 12.1 Å². The molecule has 0 atom stereocenters. The molecule has 4 aliphatic carbocycles. The molecule has 0 unspecified atom stereocenters. The number of piperazine rings is 1. The third-order valence-electron chi connectivity index (χ3n) is 7.50. The van der Waals surface area contributed by atoms with Gasteiger partial charge in [-0.15, -0.1) is 0 Å². The van der Waals surface area contributed by atoms with Crippen LogP contribution >= 0.6 is 0 Å². The van der Waals surface area contributed by atoms with Gasteiger partial charge in [0.25, 0.3) is 0 Å². The second-order valence-corrected chi connectivity index (χ2v) is 9.22. The Bertz CT molecular complexity index is 771. The van der Waals surface area contributed by atoms with E-state index in [-0.39, 0.29) is 11.0 Å². The molecule has 27 heavy (non-hydrogen) atoms. The number of rotatable bonds is 2. The number of carbonyl (C=O) groups excluding carboxylic acids is 1. The summed E-state index contributed by atoms with van der Waals surface area (Å²) in [6, 6.07) is 6.77. The Kier molecular flexibility index (Phi) is 3.93. The molecule has 5 fully saturated rings.